The van der Waals surface area contributed by atoms with Gasteiger partial charge in [-0.3, -0.25) is 14.4 Å². The number of aromatic nitrogens is 2. The van der Waals surface area contributed by atoms with Crippen LogP contribution in [-0.4, -0.2) is 74.2 Å². The summed E-state index contributed by atoms with van der Waals surface area (Å²) in [5.41, 5.74) is -1.70. The van der Waals surface area contributed by atoms with Gasteiger partial charge in [0.2, 0.25) is 5.91 Å². The summed E-state index contributed by atoms with van der Waals surface area (Å²) in [6, 6.07) is 13.4. The number of benzene rings is 1. The van der Waals surface area contributed by atoms with Crippen molar-refractivity contribution in [3.8, 4) is 10.6 Å². The molecule has 188 valence electrons. The second kappa shape index (κ2) is 10.1. The number of fused-ring (bicyclic) bond motifs is 1. The number of aliphatic carboxylic acids is 1. The van der Waals surface area contributed by atoms with E-state index >= 15 is 0 Å². The smallest absolute Gasteiger partial charge is 0.313 e. The Kier molecular flexibility index (Phi) is 7.10. The number of ether oxygens (including phenoxy) is 1. The SMILES string of the molecule is COC1(NC(=O)Cc2cccs2)C(=O)N2CC(CSc3nnc(-c4ccccc4)s3)(C(=O)O)CS[C@@H]21. The molecule has 0 saturated carbocycles. The number of rotatable bonds is 9. The van der Waals surface area contributed by atoms with E-state index in [-0.39, 0.29) is 30.4 Å². The summed E-state index contributed by atoms with van der Waals surface area (Å²) < 4.78 is 6.21. The largest absolute Gasteiger partial charge is 0.481 e. The van der Waals surface area contributed by atoms with Crippen molar-refractivity contribution in [1.29, 1.82) is 0 Å². The topological polar surface area (TPSA) is 122 Å². The zero-order valence-electron chi connectivity index (χ0n) is 19.1. The Labute approximate surface area is 223 Å². The van der Waals surface area contributed by atoms with Crippen LogP contribution in [-0.2, 0) is 25.5 Å². The Bertz CT molecular complexity index is 1270. The molecule has 2 aromatic heterocycles. The number of amides is 2. The first kappa shape index (κ1) is 25.2. The van der Waals surface area contributed by atoms with E-state index in [4.69, 9.17) is 4.74 Å². The van der Waals surface area contributed by atoms with Gasteiger partial charge in [0.1, 0.15) is 15.8 Å². The van der Waals surface area contributed by atoms with Crippen molar-refractivity contribution in [2.24, 2.45) is 5.41 Å². The Balaban J connectivity index is 1.26. The second-order valence-corrected chi connectivity index (χ2v) is 12.8. The average molecular weight is 563 g/mol. The number of methoxy groups -OCH3 is 1. The lowest BCUT2D eigenvalue weighted by Crippen LogP contribution is -2.82. The van der Waals surface area contributed by atoms with Gasteiger partial charge in [0.25, 0.3) is 11.6 Å². The predicted octanol–water partition coefficient (Wildman–Crippen LogP) is 3.05. The lowest BCUT2D eigenvalue weighted by molar-refractivity contribution is -0.200. The summed E-state index contributed by atoms with van der Waals surface area (Å²) in [5, 5.41) is 23.5. The van der Waals surface area contributed by atoms with Crippen LogP contribution in [0.3, 0.4) is 0 Å². The maximum absolute atomic E-state index is 13.2. The number of thioether (sulfide) groups is 2. The van der Waals surface area contributed by atoms with Crippen molar-refractivity contribution in [3.63, 3.8) is 0 Å². The highest BCUT2D eigenvalue weighted by atomic mass is 32.2. The minimum Gasteiger partial charge on any atom is -0.481 e. The quantitative estimate of drug-likeness (QED) is 0.230. The van der Waals surface area contributed by atoms with Crippen LogP contribution >= 0.6 is 46.2 Å². The van der Waals surface area contributed by atoms with Crippen LogP contribution in [0.4, 0.5) is 0 Å². The first-order valence-corrected chi connectivity index (χ1v) is 14.7. The molecule has 36 heavy (non-hydrogen) atoms. The fraction of sp³-hybridized carbons (Fsp3) is 0.348. The van der Waals surface area contributed by atoms with Crippen molar-refractivity contribution < 1.29 is 24.2 Å². The van der Waals surface area contributed by atoms with E-state index in [1.165, 1.54) is 58.2 Å². The van der Waals surface area contributed by atoms with Crippen LogP contribution in [0.2, 0.25) is 0 Å². The molecule has 9 nitrogen and oxygen atoms in total. The molecule has 0 spiro atoms. The molecule has 0 aliphatic carbocycles. The van der Waals surface area contributed by atoms with Crippen LogP contribution in [0.15, 0.2) is 52.2 Å². The van der Waals surface area contributed by atoms with Crippen LogP contribution in [0.1, 0.15) is 4.88 Å². The standard InChI is InChI=1S/C23H22N4O5S4/c1-32-23(24-16(28)10-15-8-5-9-33-15)18(29)27-11-22(20(30)31,12-34-19(23)27)13-35-21-26-25-17(36-21)14-6-3-2-4-7-14/h2-9,19H,10-13H2,1H3,(H,24,28)(H,30,31)/t19-,22?,23?/m1/s1. The molecule has 2 unspecified atom stereocenters. The van der Waals surface area contributed by atoms with E-state index in [9.17, 15) is 19.5 Å². The minimum absolute atomic E-state index is 0.0298. The van der Waals surface area contributed by atoms with E-state index in [0.717, 1.165) is 15.4 Å². The van der Waals surface area contributed by atoms with E-state index in [0.29, 0.717) is 4.34 Å². The van der Waals surface area contributed by atoms with Crippen molar-refractivity contribution in [1.82, 2.24) is 20.4 Å². The third kappa shape index (κ3) is 4.54. The number of carboxylic acid groups (broad SMARTS) is 1. The molecular weight excluding hydrogens is 541 g/mol. The summed E-state index contributed by atoms with van der Waals surface area (Å²) in [7, 11) is 1.38. The molecule has 3 atom stereocenters. The van der Waals surface area contributed by atoms with Crippen LogP contribution < -0.4 is 5.32 Å². The molecule has 2 amide bonds. The Morgan fingerprint density at radius 2 is 2.06 bits per heavy atom. The van der Waals surface area contributed by atoms with E-state index in [1.807, 2.05) is 47.8 Å². The molecule has 2 fully saturated rings. The van der Waals surface area contributed by atoms with Gasteiger partial charge in [0, 0.05) is 35.6 Å². The Morgan fingerprint density at radius 1 is 1.25 bits per heavy atom. The molecule has 3 aromatic rings. The summed E-state index contributed by atoms with van der Waals surface area (Å²) >= 11 is 5.51. The molecule has 0 bridgehead atoms. The minimum atomic E-state index is -1.49. The van der Waals surface area contributed by atoms with Crippen molar-refractivity contribution in [2.75, 3.05) is 25.2 Å². The molecule has 2 aliphatic heterocycles. The number of carbonyl (C=O) groups excluding carboxylic acids is 2. The molecule has 1 aromatic carbocycles. The summed E-state index contributed by atoms with van der Waals surface area (Å²) in [6.07, 6.45) is 0.149. The molecule has 4 heterocycles. The monoisotopic (exact) mass is 562 g/mol. The predicted molar refractivity (Wildman–Crippen MR) is 140 cm³/mol. The summed E-state index contributed by atoms with van der Waals surface area (Å²) in [6.45, 7) is 0.0298. The fourth-order valence-corrected chi connectivity index (χ4v) is 8.69. The number of hydrogen-bond donors (Lipinski definition) is 2. The Hall–Kier alpha value is -2.45. The summed E-state index contributed by atoms with van der Waals surface area (Å²) in [4.78, 5) is 40.6. The second-order valence-electron chi connectivity index (χ2n) is 8.45. The van der Waals surface area contributed by atoms with Gasteiger partial charge in [-0.2, -0.15) is 0 Å². The average Bonchev–Trinajstić information content (AvgIpc) is 3.58. The number of nitrogens with one attached hydrogen (secondary N) is 1. The third-order valence-electron chi connectivity index (χ3n) is 6.11. The third-order valence-corrected chi connectivity index (χ3v) is 11.0. The molecule has 2 aliphatic rings. The fourth-order valence-electron chi connectivity index (χ4n) is 4.17. The number of thiophene rings is 1. The van der Waals surface area contributed by atoms with Gasteiger partial charge >= 0.3 is 5.97 Å². The molecule has 0 radical (unpaired) electrons. The first-order valence-electron chi connectivity index (χ1n) is 10.9. The van der Waals surface area contributed by atoms with E-state index in [2.05, 4.69) is 15.5 Å². The lowest BCUT2D eigenvalue weighted by atomic mass is 9.88. The number of carboxylic acids is 1. The van der Waals surface area contributed by atoms with Crippen molar-refractivity contribution in [2.45, 2.75) is 21.9 Å². The van der Waals surface area contributed by atoms with Crippen molar-refractivity contribution >= 4 is 64.0 Å². The highest BCUT2D eigenvalue weighted by Crippen LogP contribution is 2.49. The van der Waals surface area contributed by atoms with E-state index < -0.39 is 28.4 Å². The highest BCUT2D eigenvalue weighted by molar-refractivity contribution is 8.01. The number of hydrogen-bond acceptors (Lipinski definition) is 10. The molecule has 5 rings (SSSR count). The lowest BCUT2D eigenvalue weighted by Gasteiger charge is -2.58. The van der Waals surface area contributed by atoms with E-state index in [1.54, 1.807) is 0 Å². The molecular formula is C23H22N4O5S4. The van der Waals surface area contributed by atoms with Gasteiger partial charge in [0.15, 0.2) is 4.34 Å². The summed E-state index contributed by atoms with van der Waals surface area (Å²) in [5.74, 6) is -1.22. The van der Waals surface area contributed by atoms with Crippen LogP contribution in [0.25, 0.3) is 10.6 Å². The van der Waals surface area contributed by atoms with Gasteiger partial charge in [0.05, 0.1) is 6.42 Å². The van der Waals surface area contributed by atoms with Gasteiger partial charge in [-0.25, -0.2) is 0 Å². The highest BCUT2D eigenvalue weighted by Gasteiger charge is 2.67. The van der Waals surface area contributed by atoms with Gasteiger partial charge in [-0.05, 0) is 11.4 Å². The number of carbonyl (C=O) groups is 3. The van der Waals surface area contributed by atoms with Crippen molar-refractivity contribution in [3.05, 3.63) is 52.7 Å². The molecule has 2 N–H and O–H groups in total. The van der Waals surface area contributed by atoms with Gasteiger partial charge in [-0.1, -0.05) is 59.5 Å². The van der Waals surface area contributed by atoms with Crippen LogP contribution in [0, 0.1) is 5.41 Å². The zero-order chi connectivity index (χ0) is 25.3. The maximum atomic E-state index is 13.2. The van der Waals surface area contributed by atoms with Gasteiger partial charge in [-0.15, -0.1) is 33.3 Å². The Morgan fingerprint density at radius 3 is 2.75 bits per heavy atom. The number of nitrogens with zero attached hydrogens (tertiary/aromatic N) is 3. The van der Waals surface area contributed by atoms with Gasteiger partial charge < -0.3 is 20.1 Å². The molecule has 13 heteroatoms. The normalized spacial score (nSPS) is 25.2. The maximum Gasteiger partial charge on any atom is 0.313 e. The zero-order valence-corrected chi connectivity index (χ0v) is 22.3. The van der Waals surface area contributed by atoms with Crippen LogP contribution in [0.5, 0.6) is 0 Å². The number of β-lactam (4-membered cyclic amide) rings is 1. The molecule has 2 saturated heterocycles. The first-order chi connectivity index (χ1) is 17.4.